The van der Waals surface area contributed by atoms with Gasteiger partial charge in [0, 0.05) is 5.28 Å². The smallest absolute Gasteiger partial charge is 0.149 e. The summed E-state index contributed by atoms with van der Waals surface area (Å²) in [7, 11) is 0. The number of rotatable bonds is 0. The fourth-order valence-corrected chi connectivity index (χ4v) is 0.144. The van der Waals surface area contributed by atoms with Gasteiger partial charge in [0.15, 0.2) is 0 Å². The zero-order valence-electron chi connectivity index (χ0n) is 2.51. The van der Waals surface area contributed by atoms with Gasteiger partial charge >= 0.3 is 0 Å². The Bertz CT molecular complexity index is 44.9. The van der Waals surface area contributed by atoms with E-state index in [-0.39, 0.29) is 0 Å². The van der Waals surface area contributed by atoms with Crippen LogP contribution in [0.1, 0.15) is 0 Å². The Morgan fingerprint density at radius 1 is 1.80 bits per heavy atom. The van der Waals surface area contributed by atoms with Crippen molar-refractivity contribution < 1.29 is 4.94 Å². The second-order valence-electron chi connectivity index (χ2n) is 0.617. The maximum absolute atomic E-state index is 4.15. The predicted molar refractivity (Wildman–Crippen MR) is 13.9 cm³/mol. The molecule has 0 saturated heterocycles. The molecule has 4 nitrogen and oxygen atoms in total. The first-order valence-corrected chi connectivity index (χ1v) is 1.26. The first-order valence-electron chi connectivity index (χ1n) is 1.26. The number of hydroxylamine groups is 1. The highest BCUT2D eigenvalue weighted by atomic mass is 16.8. The summed E-state index contributed by atoms with van der Waals surface area (Å²) >= 11 is 0. The molecule has 4 heteroatoms. The molecule has 0 amide bonds. The van der Waals surface area contributed by atoms with E-state index in [2.05, 4.69) is 20.8 Å². The van der Waals surface area contributed by atoms with E-state index in [1.807, 2.05) is 0 Å². The van der Waals surface area contributed by atoms with E-state index in [9.17, 15) is 0 Å². The Labute approximate surface area is 28.8 Å². The average molecular weight is 73.1 g/mol. The van der Waals surface area contributed by atoms with Gasteiger partial charge in [-0.2, -0.15) is 0 Å². The number of nitrogens with zero attached hydrogens (tertiary/aromatic N) is 2. The molecule has 0 aliphatic carbocycles. The molecule has 1 heterocycles. The minimum absolute atomic E-state index is 0.486. The van der Waals surface area contributed by atoms with Gasteiger partial charge in [0.05, 0.1) is 0 Å². The number of hydrogen-bond acceptors (Lipinski definition) is 4. The van der Waals surface area contributed by atoms with E-state index in [0.29, 0.717) is 6.67 Å². The van der Waals surface area contributed by atoms with E-state index >= 15 is 0 Å². The van der Waals surface area contributed by atoms with Gasteiger partial charge in [-0.1, -0.05) is 0 Å². The fourth-order valence-electron chi connectivity index (χ4n) is 0.144. The van der Waals surface area contributed by atoms with Gasteiger partial charge in [-0.15, -0.1) is 10.6 Å². The van der Waals surface area contributed by atoms with E-state index in [1.165, 1.54) is 0 Å². The largest absolute Gasteiger partial charge is 0.278 e. The summed E-state index contributed by atoms with van der Waals surface area (Å²) in [6, 6.07) is 0. The van der Waals surface area contributed by atoms with Crippen molar-refractivity contribution in [2.45, 2.75) is 0 Å². The van der Waals surface area contributed by atoms with Crippen LogP contribution in [-0.4, -0.2) is 6.67 Å². The third-order valence-corrected chi connectivity index (χ3v) is 0.298. The van der Waals surface area contributed by atoms with Crippen molar-refractivity contribution in [1.82, 2.24) is 5.48 Å². The SMILES string of the molecule is C1N=NON1. The molecular weight excluding hydrogens is 70.0 g/mol. The van der Waals surface area contributed by atoms with Gasteiger partial charge in [-0.3, -0.25) is 4.94 Å². The molecule has 0 aromatic rings. The molecule has 1 aliphatic rings. The Morgan fingerprint density at radius 3 is 3.00 bits per heavy atom. The molecular formula is CH3N3O. The molecule has 28 valence electrons. The molecule has 0 spiro atoms. The summed E-state index contributed by atoms with van der Waals surface area (Å²) in [6.07, 6.45) is 0. The zero-order chi connectivity index (χ0) is 3.54. The topological polar surface area (TPSA) is 46.0 Å². The van der Waals surface area contributed by atoms with E-state index in [4.69, 9.17) is 0 Å². The van der Waals surface area contributed by atoms with Crippen molar-refractivity contribution in [1.29, 1.82) is 0 Å². The summed E-state index contributed by atoms with van der Waals surface area (Å²) in [5, 5.41) is 6.47. The molecule has 1 rings (SSSR count). The van der Waals surface area contributed by atoms with Crippen LogP contribution >= 0.6 is 0 Å². The molecule has 1 aliphatic heterocycles. The third kappa shape index (κ3) is 0.327. The van der Waals surface area contributed by atoms with Crippen LogP contribution in [0, 0.1) is 0 Å². The Hall–Kier alpha value is -0.640. The van der Waals surface area contributed by atoms with Crippen LogP contribution in [-0.2, 0) is 4.94 Å². The van der Waals surface area contributed by atoms with Crippen molar-refractivity contribution in [3.63, 3.8) is 0 Å². The average Bonchev–Trinajstić information content (AvgIpc) is 1.76. The monoisotopic (exact) mass is 73.0 g/mol. The summed E-state index contributed by atoms with van der Waals surface area (Å²) in [6.45, 7) is 0.486. The van der Waals surface area contributed by atoms with Crippen molar-refractivity contribution in [3.05, 3.63) is 0 Å². The summed E-state index contributed by atoms with van der Waals surface area (Å²) < 4.78 is 0. The molecule has 0 saturated carbocycles. The lowest BCUT2D eigenvalue weighted by molar-refractivity contribution is 0.0761. The highest BCUT2D eigenvalue weighted by Crippen LogP contribution is 1.79. The fraction of sp³-hybridized carbons (Fsp3) is 1.00. The first kappa shape index (κ1) is 2.59. The van der Waals surface area contributed by atoms with Crippen molar-refractivity contribution in [2.75, 3.05) is 6.67 Å². The Balaban J connectivity index is 2.32. The number of hydrogen-bond donors (Lipinski definition) is 1. The van der Waals surface area contributed by atoms with E-state index < -0.39 is 0 Å². The Morgan fingerprint density at radius 2 is 2.80 bits per heavy atom. The highest BCUT2D eigenvalue weighted by Gasteiger charge is 1.84. The van der Waals surface area contributed by atoms with Crippen molar-refractivity contribution in [2.24, 2.45) is 10.4 Å². The normalized spacial score (nSPS) is 19.2. The second-order valence-corrected chi connectivity index (χ2v) is 0.617. The van der Waals surface area contributed by atoms with Gasteiger partial charge in [0.2, 0.25) is 0 Å². The molecule has 0 aromatic carbocycles. The maximum atomic E-state index is 4.15. The maximum Gasteiger partial charge on any atom is 0.149 e. The van der Waals surface area contributed by atoms with Crippen LogP contribution in [0.5, 0.6) is 0 Å². The molecule has 0 fully saturated rings. The van der Waals surface area contributed by atoms with E-state index in [1.54, 1.807) is 0 Å². The minimum Gasteiger partial charge on any atom is -0.278 e. The highest BCUT2D eigenvalue weighted by molar-refractivity contribution is 4.21. The first-order chi connectivity index (χ1) is 2.50. The van der Waals surface area contributed by atoms with Crippen LogP contribution in [0.3, 0.4) is 0 Å². The lowest BCUT2D eigenvalue weighted by atomic mass is 11.2. The molecule has 0 aromatic heterocycles. The van der Waals surface area contributed by atoms with Crippen LogP contribution < -0.4 is 5.48 Å². The quantitative estimate of drug-likeness (QED) is 0.433. The standard InChI is InChI=1S/CH3N3O/c1-2-4-5-3-1/h3H,1H2. The van der Waals surface area contributed by atoms with E-state index in [0.717, 1.165) is 0 Å². The van der Waals surface area contributed by atoms with Gasteiger partial charge in [-0.25, -0.2) is 0 Å². The number of nitrogens with one attached hydrogen (secondary N) is 1. The lowest BCUT2D eigenvalue weighted by Gasteiger charge is -1.75. The van der Waals surface area contributed by atoms with Crippen LogP contribution in [0.15, 0.2) is 10.4 Å². The summed E-state index contributed by atoms with van der Waals surface area (Å²) in [5.74, 6) is 0. The molecule has 5 heavy (non-hydrogen) atoms. The van der Waals surface area contributed by atoms with Crippen LogP contribution in [0.2, 0.25) is 0 Å². The van der Waals surface area contributed by atoms with Crippen LogP contribution in [0.25, 0.3) is 0 Å². The zero-order valence-corrected chi connectivity index (χ0v) is 2.51. The van der Waals surface area contributed by atoms with Crippen LogP contribution in [0.4, 0.5) is 0 Å². The molecule has 1 N–H and O–H groups in total. The molecule has 0 atom stereocenters. The summed E-state index contributed by atoms with van der Waals surface area (Å²) in [5.41, 5.74) is 2.39. The van der Waals surface area contributed by atoms with Crippen molar-refractivity contribution in [3.8, 4) is 0 Å². The van der Waals surface area contributed by atoms with Gasteiger partial charge in [0.25, 0.3) is 0 Å². The third-order valence-electron chi connectivity index (χ3n) is 0.298. The van der Waals surface area contributed by atoms with Gasteiger partial charge in [0.1, 0.15) is 6.67 Å². The molecule has 0 unspecified atom stereocenters. The van der Waals surface area contributed by atoms with Crippen molar-refractivity contribution >= 4 is 0 Å². The summed E-state index contributed by atoms with van der Waals surface area (Å²) in [4.78, 5) is 4.15. The van der Waals surface area contributed by atoms with Gasteiger partial charge < -0.3 is 0 Å². The lowest BCUT2D eigenvalue weighted by Crippen LogP contribution is -2.01. The Kier molecular flexibility index (Phi) is 0.510. The molecule has 0 radical (unpaired) electrons. The molecule has 0 bridgehead atoms. The minimum atomic E-state index is 0.486. The predicted octanol–water partition coefficient (Wildman–Crippen LogP) is -0.154. The second kappa shape index (κ2) is 0.984. The van der Waals surface area contributed by atoms with Gasteiger partial charge in [-0.05, 0) is 0 Å².